The third-order valence-corrected chi connectivity index (χ3v) is 4.59. The maximum absolute atomic E-state index is 11.6. The molecule has 0 radical (unpaired) electrons. The van der Waals surface area contributed by atoms with Gasteiger partial charge in [-0.25, -0.2) is 0 Å². The zero-order chi connectivity index (χ0) is 17.1. The first-order valence-electron chi connectivity index (χ1n) is 7.85. The molecule has 0 bridgehead atoms. The van der Waals surface area contributed by atoms with Gasteiger partial charge in [0.25, 0.3) is 0 Å². The topological polar surface area (TPSA) is 70.7 Å². The first-order chi connectivity index (χ1) is 12.1. The van der Waals surface area contributed by atoms with Gasteiger partial charge in [-0.3, -0.25) is 4.79 Å². The highest BCUT2D eigenvalue weighted by Crippen LogP contribution is 2.40. The standard InChI is InChI=1S/C21H12O4/c22-14-5-2-12-8-17-19(9-13(12)7-14)25-18-6-3-11-1-4-15(23)10-16(11)20(18)21(17)24/h1-10,23-24H. The van der Waals surface area contributed by atoms with Gasteiger partial charge in [0, 0.05) is 5.39 Å². The third kappa shape index (κ3) is 1.97. The van der Waals surface area contributed by atoms with Gasteiger partial charge in [-0.2, -0.15) is 0 Å². The van der Waals surface area contributed by atoms with Gasteiger partial charge in [0.1, 0.15) is 22.7 Å². The number of phenolic OH excluding ortho intramolecular Hbond substituents is 1. The van der Waals surface area contributed by atoms with Crippen molar-refractivity contribution < 1.29 is 14.6 Å². The van der Waals surface area contributed by atoms with Crippen molar-refractivity contribution in [2.45, 2.75) is 0 Å². The van der Waals surface area contributed by atoms with E-state index in [0.29, 0.717) is 21.9 Å². The van der Waals surface area contributed by atoms with Gasteiger partial charge in [-0.15, -0.1) is 0 Å². The van der Waals surface area contributed by atoms with E-state index in [4.69, 9.17) is 4.42 Å². The second-order valence-electron chi connectivity index (χ2n) is 6.15. The number of benzene rings is 4. The monoisotopic (exact) mass is 328 g/mol. The molecule has 0 spiro atoms. The van der Waals surface area contributed by atoms with E-state index in [9.17, 15) is 15.0 Å². The summed E-state index contributed by atoms with van der Waals surface area (Å²) in [5, 5.41) is 25.1. The number of hydrogen-bond acceptors (Lipinski definition) is 4. The minimum absolute atomic E-state index is 0.0710. The molecule has 5 rings (SSSR count). The normalized spacial score (nSPS) is 11.7. The van der Waals surface area contributed by atoms with Crippen LogP contribution >= 0.6 is 0 Å². The molecule has 0 fully saturated rings. The fourth-order valence-corrected chi connectivity index (χ4v) is 3.39. The molecule has 0 unspecified atom stereocenters. The fourth-order valence-electron chi connectivity index (χ4n) is 3.39. The van der Waals surface area contributed by atoms with E-state index in [0.717, 1.165) is 21.5 Å². The van der Waals surface area contributed by atoms with Crippen LogP contribution in [-0.4, -0.2) is 10.2 Å². The molecule has 1 heterocycles. The van der Waals surface area contributed by atoms with Crippen LogP contribution in [0.25, 0.3) is 43.5 Å². The molecule has 4 heteroatoms. The van der Waals surface area contributed by atoms with Crippen LogP contribution in [0.5, 0.6) is 11.5 Å². The van der Waals surface area contributed by atoms with Gasteiger partial charge in [-0.05, 0) is 58.6 Å². The Bertz CT molecular complexity index is 1380. The second-order valence-corrected chi connectivity index (χ2v) is 6.15. The van der Waals surface area contributed by atoms with E-state index in [-0.39, 0.29) is 16.9 Å². The molecule has 0 aliphatic carbocycles. The Hall–Kier alpha value is -3.53. The zero-order valence-corrected chi connectivity index (χ0v) is 13.0. The quantitative estimate of drug-likeness (QED) is 0.320. The molecule has 2 N–H and O–H groups in total. The van der Waals surface area contributed by atoms with Gasteiger partial charge in [0.2, 0.25) is 0 Å². The third-order valence-electron chi connectivity index (χ3n) is 4.59. The fraction of sp³-hybridized carbons (Fsp3) is 0. The second kappa shape index (κ2) is 4.74. The highest BCUT2D eigenvalue weighted by molar-refractivity contribution is 6.14. The zero-order valence-electron chi connectivity index (χ0n) is 13.0. The lowest BCUT2D eigenvalue weighted by molar-refractivity contribution is 0.476. The summed E-state index contributed by atoms with van der Waals surface area (Å²) in [5.41, 5.74) is 0.946. The van der Waals surface area contributed by atoms with Gasteiger partial charge in [-0.1, -0.05) is 18.2 Å². The molecule has 0 atom stereocenters. The predicted octanol–water partition coefficient (Wildman–Crippen LogP) is 4.66. The highest BCUT2D eigenvalue weighted by Gasteiger charge is 2.13. The SMILES string of the molecule is O=c1ccc2cc3c(O)c4c(ccc5ccc(O)cc54)oc3cc2c1. The Morgan fingerprint density at radius 3 is 2.36 bits per heavy atom. The summed E-state index contributed by atoms with van der Waals surface area (Å²) in [4.78, 5) is 11.6. The van der Waals surface area contributed by atoms with Crippen LogP contribution in [0.2, 0.25) is 0 Å². The van der Waals surface area contributed by atoms with Crippen molar-refractivity contribution >= 4 is 43.5 Å². The molecule has 0 aliphatic rings. The first kappa shape index (κ1) is 13.9. The Labute approximate surface area is 141 Å². The number of aromatic hydroxyl groups is 2. The van der Waals surface area contributed by atoms with E-state index >= 15 is 0 Å². The number of rotatable bonds is 0. The minimum atomic E-state index is -0.0710. The Kier molecular flexibility index (Phi) is 2.63. The lowest BCUT2D eigenvalue weighted by Crippen LogP contribution is -1.94. The molecule has 120 valence electrons. The van der Waals surface area contributed by atoms with E-state index in [1.54, 1.807) is 42.5 Å². The van der Waals surface area contributed by atoms with Crippen LogP contribution in [0.1, 0.15) is 0 Å². The molecule has 0 saturated heterocycles. The molecular formula is C21H12O4. The van der Waals surface area contributed by atoms with Crippen molar-refractivity contribution in [1.82, 2.24) is 0 Å². The summed E-state index contributed by atoms with van der Waals surface area (Å²) in [6, 6.07) is 17.0. The Morgan fingerprint density at radius 1 is 0.680 bits per heavy atom. The number of phenols is 1. The maximum atomic E-state index is 11.6. The lowest BCUT2D eigenvalue weighted by atomic mass is 10.0. The molecule has 4 nitrogen and oxygen atoms in total. The molecule has 1 aromatic heterocycles. The van der Waals surface area contributed by atoms with Crippen molar-refractivity contribution in [1.29, 1.82) is 0 Å². The highest BCUT2D eigenvalue weighted by atomic mass is 16.3. The van der Waals surface area contributed by atoms with Crippen LogP contribution in [0.3, 0.4) is 0 Å². The summed E-state index contributed by atoms with van der Waals surface area (Å²) >= 11 is 0. The molecule has 4 aromatic carbocycles. The van der Waals surface area contributed by atoms with E-state index < -0.39 is 0 Å². The molecular weight excluding hydrogens is 316 g/mol. The largest absolute Gasteiger partial charge is 0.508 e. The van der Waals surface area contributed by atoms with Crippen molar-refractivity contribution in [3.05, 3.63) is 70.9 Å². The predicted molar refractivity (Wildman–Crippen MR) is 98.3 cm³/mol. The van der Waals surface area contributed by atoms with Crippen LogP contribution in [-0.2, 0) is 0 Å². The summed E-state index contributed by atoms with van der Waals surface area (Å²) in [6.45, 7) is 0. The van der Waals surface area contributed by atoms with E-state index in [1.165, 1.54) is 6.07 Å². The average molecular weight is 328 g/mol. The van der Waals surface area contributed by atoms with Gasteiger partial charge < -0.3 is 14.6 Å². The maximum Gasteiger partial charge on any atom is 0.179 e. The average Bonchev–Trinajstić information content (AvgIpc) is 2.60. The lowest BCUT2D eigenvalue weighted by Gasteiger charge is -2.10. The van der Waals surface area contributed by atoms with Crippen molar-refractivity contribution in [2.75, 3.05) is 0 Å². The van der Waals surface area contributed by atoms with E-state index in [1.807, 2.05) is 12.1 Å². The van der Waals surface area contributed by atoms with Crippen LogP contribution < -0.4 is 5.43 Å². The van der Waals surface area contributed by atoms with E-state index in [2.05, 4.69) is 0 Å². The number of hydrogen-bond donors (Lipinski definition) is 2. The molecule has 0 aliphatic heterocycles. The Balaban J connectivity index is 2.01. The van der Waals surface area contributed by atoms with Crippen molar-refractivity contribution in [3.63, 3.8) is 0 Å². The first-order valence-corrected chi connectivity index (χ1v) is 7.85. The molecule has 5 aromatic rings. The molecule has 0 amide bonds. The van der Waals surface area contributed by atoms with Crippen LogP contribution in [0.4, 0.5) is 0 Å². The molecule has 0 saturated carbocycles. The summed E-state index contributed by atoms with van der Waals surface area (Å²) in [6.07, 6.45) is 0. The van der Waals surface area contributed by atoms with Gasteiger partial charge in [0.05, 0.1) is 10.8 Å². The Morgan fingerprint density at radius 2 is 1.48 bits per heavy atom. The van der Waals surface area contributed by atoms with Gasteiger partial charge >= 0.3 is 0 Å². The van der Waals surface area contributed by atoms with Gasteiger partial charge in [0.15, 0.2) is 5.43 Å². The van der Waals surface area contributed by atoms with Crippen LogP contribution in [0.15, 0.2) is 69.9 Å². The smallest absolute Gasteiger partial charge is 0.179 e. The number of fused-ring (bicyclic) bond motifs is 5. The minimum Gasteiger partial charge on any atom is -0.508 e. The molecule has 25 heavy (non-hydrogen) atoms. The summed E-state index contributed by atoms with van der Waals surface area (Å²) in [7, 11) is 0. The summed E-state index contributed by atoms with van der Waals surface area (Å²) < 4.78 is 5.98. The van der Waals surface area contributed by atoms with Crippen molar-refractivity contribution in [3.8, 4) is 11.5 Å². The van der Waals surface area contributed by atoms with Crippen LogP contribution in [0, 0.1) is 0 Å². The summed E-state index contributed by atoms with van der Waals surface area (Å²) in [5.74, 6) is 0.224. The van der Waals surface area contributed by atoms with Crippen molar-refractivity contribution in [2.24, 2.45) is 0 Å².